The maximum atomic E-state index is 12.8. The van der Waals surface area contributed by atoms with Gasteiger partial charge in [-0.05, 0) is 31.2 Å². The van der Waals surface area contributed by atoms with Crippen molar-refractivity contribution in [3.8, 4) is 0 Å². The lowest BCUT2D eigenvalue weighted by atomic mass is 10.2. The zero-order valence-electron chi connectivity index (χ0n) is 13.6. The third kappa shape index (κ3) is 3.13. The van der Waals surface area contributed by atoms with Crippen molar-refractivity contribution in [3.05, 3.63) is 70.5 Å². The second kappa shape index (κ2) is 6.30. The lowest BCUT2D eigenvalue weighted by molar-refractivity contribution is -0.384. The molecule has 0 N–H and O–H groups in total. The highest BCUT2D eigenvalue weighted by atomic mass is 32.2. The third-order valence-electron chi connectivity index (χ3n) is 4.13. The molecule has 1 heterocycles. The van der Waals surface area contributed by atoms with Crippen LogP contribution in [0.3, 0.4) is 0 Å². The predicted molar refractivity (Wildman–Crippen MR) is 92.7 cm³/mol. The van der Waals surface area contributed by atoms with E-state index in [-0.39, 0.29) is 10.6 Å². The van der Waals surface area contributed by atoms with Gasteiger partial charge >= 0.3 is 0 Å². The molecule has 3 rings (SSSR count). The molecule has 0 spiro atoms. The van der Waals surface area contributed by atoms with E-state index in [0.717, 1.165) is 5.39 Å². The first kappa shape index (κ1) is 17.1. The van der Waals surface area contributed by atoms with Gasteiger partial charge in [-0.25, -0.2) is 8.42 Å². The summed E-state index contributed by atoms with van der Waals surface area (Å²) in [5.74, 6) is 0.522. The summed E-state index contributed by atoms with van der Waals surface area (Å²) in [6.45, 7) is 1.72. The Morgan fingerprint density at radius 2 is 1.76 bits per heavy atom. The van der Waals surface area contributed by atoms with Gasteiger partial charge in [-0.15, -0.1) is 0 Å². The number of hydrogen-bond acceptors (Lipinski definition) is 5. The Labute approximate surface area is 144 Å². The van der Waals surface area contributed by atoms with E-state index < -0.39 is 21.0 Å². The number of sulfonamides is 1. The van der Waals surface area contributed by atoms with E-state index in [2.05, 4.69) is 0 Å². The normalized spacial score (nSPS) is 13.2. The number of non-ortho nitro benzene ring substituents is 1. The summed E-state index contributed by atoms with van der Waals surface area (Å²) in [6.07, 6.45) is 0. The minimum atomic E-state index is -3.82. The van der Waals surface area contributed by atoms with E-state index in [0.29, 0.717) is 11.3 Å². The van der Waals surface area contributed by atoms with Crippen LogP contribution in [0.25, 0.3) is 11.0 Å². The van der Waals surface area contributed by atoms with Gasteiger partial charge in [0.2, 0.25) is 10.0 Å². The highest BCUT2D eigenvalue weighted by Crippen LogP contribution is 2.30. The Bertz CT molecular complexity index is 992. The molecular weight excluding hydrogens is 344 g/mol. The van der Waals surface area contributed by atoms with E-state index in [4.69, 9.17) is 4.42 Å². The second-order valence-electron chi connectivity index (χ2n) is 5.63. The Morgan fingerprint density at radius 3 is 2.36 bits per heavy atom. The first-order valence-electron chi connectivity index (χ1n) is 7.51. The van der Waals surface area contributed by atoms with Crippen molar-refractivity contribution in [2.45, 2.75) is 17.9 Å². The van der Waals surface area contributed by atoms with Crippen LogP contribution in [-0.4, -0.2) is 24.7 Å². The van der Waals surface area contributed by atoms with Crippen molar-refractivity contribution in [1.29, 1.82) is 0 Å². The number of benzene rings is 2. The van der Waals surface area contributed by atoms with Crippen LogP contribution >= 0.6 is 0 Å². The van der Waals surface area contributed by atoms with Crippen molar-refractivity contribution in [3.63, 3.8) is 0 Å². The van der Waals surface area contributed by atoms with Gasteiger partial charge in [0.1, 0.15) is 11.3 Å². The van der Waals surface area contributed by atoms with Crippen LogP contribution in [0.15, 0.2) is 63.9 Å². The standard InChI is InChI=1S/C17H16N2O5S/c1-12(17-11-13-5-3-4-6-16(13)24-17)18(2)25(22,23)15-9-7-14(8-10-15)19(20)21/h3-12H,1-2H3. The highest BCUT2D eigenvalue weighted by molar-refractivity contribution is 7.89. The molecular formula is C17H16N2O5S. The van der Waals surface area contributed by atoms with Gasteiger partial charge in [-0.2, -0.15) is 4.31 Å². The van der Waals surface area contributed by atoms with Gasteiger partial charge in [0.25, 0.3) is 5.69 Å². The summed E-state index contributed by atoms with van der Waals surface area (Å²) in [6, 6.07) is 13.5. The molecule has 0 saturated heterocycles. The Hall–Kier alpha value is -2.71. The second-order valence-corrected chi connectivity index (χ2v) is 7.63. The van der Waals surface area contributed by atoms with Crippen molar-refractivity contribution in [1.82, 2.24) is 4.31 Å². The first-order chi connectivity index (χ1) is 11.8. The molecule has 0 aliphatic rings. The van der Waals surface area contributed by atoms with Gasteiger partial charge in [-0.1, -0.05) is 18.2 Å². The molecule has 3 aromatic rings. The average molecular weight is 360 g/mol. The summed E-state index contributed by atoms with van der Waals surface area (Å²) in [4.78, 5) is 10.1. The maximum absolute atomic E-state index is 12.8. The fourth-order valence-electron chi connectivity index (χ4n) is 2.50. The van der Waals surface area contributed by atoms with E-state index in [1.807, 2.05) is 30.3 Å². The molecule has 0 amide bonds. The fourth-order valence-corrected chi connectivity index (χ4v) is 3.83. The number of fused-ring (bicyclic) bond motifs is 1. The Kier molecular flexibility index (Phi) is 4.32. The molecule has 0 aliphatic carbocycles. The molecule has 0 radical (unpaired) electrons. The maximum Gasteiger partial charge on any atom is 0.269 e. The summed E-state index contributed by atoms with van der Waals surface area (Å²) in [5.41, 5.74) is 0.525. The number of hydrogen-bond donors (Lipinski definition) is 0. The number of furan rings is 1. The summed E-state index contributed by atoms with van der Waals surface area (Å²) in [5, 5.41) is 11.6. The minimum absolute atomic E-state index is 0.0106. The van der Waals surface area contributed by atoms with Crippen molar-refractivity contribution < 1.29 is 17.8 Å². The first-order valence-corrected chi connectivity index (χ1v) is 8.95. The lowest BCUT2D eigenvalue weighted by Gasteiger charge is -2.22. The molecule has 0 aliphatic heterocycles. The minimum Gasteiger partial charge on any atom is -0.459 e. The summed E-state index contributed by atoms with van der Waals surface area (Å²) in [7, 11) is -2.36. The third-order valence-corrected chi connectivity index (χ3v) is 6.07. The van der Waals surface area contributed by atoms with Crippen LogP contribution in [0.4, 0.5) is 5.69 Å². The molecule has 130 valence electrons. The van der Waals surface area contributed by atoms with Crippen LogP contribution in [0.2, 0.25) is 0 Å². The van der Waals surface area contributed by atoms with Crippen LogP contribution in [0.5, 0.6) is 0 Å². The molecule has 25 heavy (non-hydrogen) atoms. The monoisotopic (exact) mass is 360 g/mol. The van der Waals surface area contributed by atoms with E-state index in [1.54, 1.807) is 6.92 Å². The molecule has 8 heteroatoms. The molecule has 0 fully saturated rings. The number of nitro benzene ring substituents is 1. The molecule has 7 nitrogen and oxygen atoms in total. The highest BCUT2D eigenvalue weighted by Gasteiger charge is 2.28. The summed E-state index contributed by atoms with van der Waals surface area (Å²) < 4.78 is 32.4. The topological polar surface area (TPSA) is 93.7 Å². The van der Waals surface area contributed by atoms with Gasteiger partial charge in [0, 0.05) is 24.6 Å². The van der Waals surface area contributed by atoms with Gasteiger partial charge in [0.15, 0.2) is 0 Å². The van der Waals surface area contributed by atoms with Crippen molar-refractivity contribution in [2.75, 3.05) is 7.05 Å². The lowest BCUT2D eigenvalue weighted by Crippen LogP contribution is -2.29. The number of nitro groups is 1. The van der Waals surface area contributed by atoms with Crippen molar-refractivity contribution >= 4 is 26.7 Å². The van der Waals surface area contributed by atoms with Crippen LogP contribution in [0, 0.1) is 10.1 Å². The van der Waals surface area contributed by atoms with Gasteiger partial charge < -0.3 is 4.42 Å². The quantitative estimate of drug-likeness (QED) is 0.510. The molecule has 2 aromatic carbocycles. The van der Waals surface area contributed by atoms with Crippen LogP contribution < -0.4 is 0 Å². The average Bonchev–Trinajstić information content (AvgIpc) is 3.04. The van der Waals surface area contributed by atoms with Gasteiger partial charge in [0.05, 0.1) is 15.9 Å². The predicted octanol–water partition coefficient (Wildman–Crippen LogP) is 3.72. The van der Waals surface area contributed by atoms with E-state index >= 15 is 0 Å². The van der Waals surface area contributed by atoms with Gasteiger partial charge in [-0.3, -0.25) is 10.1 Å². The van der Waals surface area contributed by atoms with Crippen molar-refractivity contribution in [2.24, 2.45) is 0 Å². The zero-order chi connectivity index (χ0) is 18.2. The molecule has 0 saturated carbocycles. The van der Waals surface area contributed by atoms with Crippen LogP contribution in [-0.2, 0) is 10.0 Å². The molecule has 0 bridgehead atoms. The SMILES string of the molecule is CC(c1cc2ccccc2o1)N(C)S(=O)(=O)c1ccc([N+](=O)[O-])cc1. The number of nitrogens with zero attached hydrogens (tertiary/aromatic N) is 2. The summed E-state index contributed by atoms with van der Waals surface area (Å²) >= 11 is 0. The molecule has 1 atom stereocenters. The number of rotatable bonds is 5. The Morgan fingerprint density at radius 1 is 1.12 bits per heavy atom. The smallest absolute Gasteiger partial charge is 0.269 e. The number of para-hydroxylation sites is 1. The Balaban J connectivity index is 1.91. The van der Waals surface area contributed by atoms with E-state index in [1.165, 1.54) is 35.6 Å². The molecule has 1 aromatic heterocycles. The van der Waals surface area contributed by atoms with Crippen LogP contribution in [0.1, 0.15) is 18.7 Å². The van der Waals surface area contributed by atoms with E-state index in [9.17, 15) is 18.5 Å². The zero-order valence-corrected chi connectivity index (χ0v) is 14.4. The molecule has 1 unspecified atom stereocenters. The largest absolute Gasteiger partial charge is 0.459 e. The fraction of sp³-hybridized carbons (Fsp3) is 0.176.